The van der Waals surface area contributed by atoms with Gasteiger partial charge in [-0.2, -0.15) is 0 Å². The first-order valence-electron chi connectivity index (χ1n) is 9.50. The molecule has 0 aromatic carbocycles. The van der Waals surface area contributed by atoms with E-state index in [1.165, 1.54) is 38.5 Å². The Bertz CT molecular complexity index is 523. The second-order valence-electron chi connectivity index (χ2n) is 6.85. The highest BCUT2D eigenvalue weighted by Gasteiger charge is 2.17. The van der Waals surface area contributed by atoms with Crippen molar-refractivity contribution in [1.82, 2.24) is 15.6 Å². The SMILES string of the molecule is CCNC(=NCc1ccc(OC2CCCC2)nc1)NC1CCCC1.I. The monoisotopic (exact) mass is 458 g/mol. The van der Waals surface area contributed by atoms with Gasteiger partial charge in [-0.3, -0.25) is 0 Å². The Balaban J connectivity index is 0.00000225. The van der Waals surface area contributed by atoms with E-state index in [-0.39, 0.29) is 24.0 Å². The number of aliphatic imine (C=N–C) groups is 1. The molecule has 3 rings (SSSR count). The summed E-state index contributed by atoms with van der Waals surface area (Å²) in [5, 5.41) is 6.87. The van der Waals surface area contributed by atoms with Crippen molar-refractivity contribution in [2.45, 2.75) is 77.0 Å². The lowest BCUT2D eigenvalue weighted by atomic mass is 10.2. The van der Waals surface area contributed by atoms with Gasteiger partial charge >= 0.3 is 0 Å². The number of nitrogens with one attached hydrogen (secondary N) is 2. The molecular formula is C19H31IN4O. The van der Waals surface area contributed by atoms with E-state index in [0.29, 0.717) is 18.7 Å². The Hall–Kier alpha value is -1.05. The molecule has 5 nitrogen and oxygen atoms in total. The number of nitrogens with zero attached hydrogens (tertiary/aromatic N) is 2. The summed E-state index contributed by atoms with van der Waals surface area (Å²) in [5.41, 5.74) is 1.11. The quantitative estimate of drug-likeness (QED) is 0.384. The highest BCUT2D eigenvalue weighted by molar-refractivity contribution is 14.0. The molecule has 2 saturated carbocycles. The first-order chi connectivity index (χ1) is 11.8. The number of hydrogen-bond acceptors (Lipinski definition) is 3. The van der Waals surface area contributed by atoms with Crippen molar-refractivity contribution in [2.75, 3.05) is 6.54 Å². The third kappa shape index (κ3) is 6.64. The summed E-state index contributed by atoms with van der Waals surface area (Å²) < 4.78 is 5.91. The lowest BCUT2D eigenvalue weighted by Crippen LogP contribution is -2.42. The zero-order valence-electron chi connectivity index (χ0n) is 15.2. The second kappa shape index (κ2) is 10.8. The number of pyridine rings is 1. The number of ether oxygens (including phenoxy) is 1. The summed E-state index contributed by atoms with van der Waals surface area (Å²) in [5.74, 6) is 1.65. The number of halogens is 1. The molecule has 0 aliphatic heterocycles. The van der Waals surface area contributed by atoms with Crippen LogP contribution in [0.5, 0.6) is 5.88 Å². The Morgan fingerprint density at radius 2 is 1.88 bits per heavy atom. The smallest absolute Gasteiger partial charge is 0.213 e. The number of hydrogen-bond donors (Lipinski definition) is 2. The van der Waals surface area contributed by atoms with Gasteiger partial charge in [0.25, 0.3) is 0 Å². The molecule has 0 saturated heterocycles. The van der Waals surface area contributed by atoms with Crippen LogP contribution in [0.4, 0.5) is 0 Å². The van der Waals surface area contributed by atoms with Crippen LogP contribution in [0.2, 0.25) is 0 Å². The molecule has 6 heteroatoms. The van der Waals surface area contributed by atoms with E-state index in [9.17, 15) is 0 Å². The zero-order chi connectivity index (χ0) is 16.6. The topological polar surface area (TPSA) is 58.5 Å². The molecule has 1 heterocycles. The molecule has 0 atom stereocenters. The van der Waals surface area contributed by atoms with Gasteiger partial charge in [-0.15, -0.1) is 24.0 Å². The van der Waals surface area contributed by atoms with E-state index >= 15 is 0 Å². The predicted molar refractivity (Wildman–Crippen MR) is 113 cm³/mol. The molecule has 25 heavy (non-hydrogen) atoms. The molecule has 2 aliphatic rings. The minimum absolute atomic E-state index is 0. The zero-order valence-corrected chi connectivity index (χ0v) is 17.5. The molecule has 140 valence electrons. The highest BCUT2D eigenvalue weighted by Crippen LogP contribution is 2.23. The number of aromatic nitrogens is 1. The minimum atomic E-state index is 0. The summed E-state index contributed by atoms with van der Waals surface area (Å²) >= 11 is 0. The van der Waals surface area contributed by atoms with Gasteiger partial charge in [-0.25, -0.2) is 9.98 Å². The summed E-state index contributed by atoms with van der Waals surface area (Å²) in [4.78, 5) is 9.13. The van der Waals surface area contributed by atoms with E-state index in [2.05, 4.69) is 28.6 Å². The van der Waals surface area contributed by atoms with Gasteiger partial charge in [0.1, 0.15) is 6.10 Å². The largest absolute Gasteiger partial charge is 0.474 e. The van der Waals surface area contributed by atoms with Gasteiger partial charge in [0.15, 0.2) is 5.96 Å². The molecule has 0 unspecified atom stereocenters. The Kier molecular flexibility index (Phi) is 8.78. The maximum Gasteiger partial charge on any atom is 0.213 e. The molecule has 2 N–H and O–H groups in total. The van der Waals surface area contributed by atoms with Gasteiger partial charge in [0.05, 0.1) is 6.54 Å². The van der Waals surface area contributed by atoms with Crippen LogP contribution in [0, 0.1) is 0 Å². The molecule has 2 aliphatic carbocycles. The maximum absolute atomic E-state index is 5.91. The van der Waals surface area contributed by atoms with Crippen LogP contribution >= 0.6 is 24.0 Å². The van der Waals surface area contributed by atoms with Crippen LogP contribution < -0.4 is 15.4 Å². The van der Waals surface area contributed by atoms with Crippen molar-refractivity contribution in [2.24, 2.45) is 4.99 Å². The van der Waals surface area contributed by atoms with Crippen LogP contribution in [0.3, 0.4) is 0 Å². The third-order valence-electron chi connectivity index (χ3n) is 4.85. The van der Waals surface area contributed by atoms with E-state index in [1.54, 1.807) is 0 Å². The molecule has 1 aromatic heterocycles. The van der Waals surface area contributed by atoms with E-state index in [4.69, 9.17) is 9.73 Å². The van der Waals surface area contributed by atoms with Crippen molar-refractivity contribution in [3.8, 4) is 5.88 Å². The van der Waals surface area contributed by atoms with Crippen molar-refractivity contribution in [3.63, 3.8) is 0 Å². The molecule has 0 radical (unpaired) electrons. The predicted octanol–water partition coefficient (Wildman–Crippen LogP) is 4.02. The maximum atomic E-state index is 5.91. The second-order valence-corrected chi connectivity index (χ2v) is 6.85. The van der Waals surface area contributed by atoms with Crippen LogP contribution in [0.25, 0.3) is 0 Å². The van der Waals surface area contributed by atoms with E-state index < -0.39 is 0 Å². The van der Waals surface area contributed by atoms with Crippen LogP contribution in [-0.2, 0) is 6.54 Å². The summed E-state index contributed by atoms with van der Waals surface area (Å²) in [6.45, 7) is 3.62. The summed E-state index contributed by atoms with van der Waals surface area (Å²) in [6.07, 6.45) is 12.3. The summed E-state index contributed by atoms with van der Waals surface area (Å²) in [7, 11) is 0. The fourth-order valence-electron chi connectivity index (χ4n) is 3.50. The Morgan fingerprint density at radius 1 is 1.16 bits per heavy atom. The first kappa shape index (κ1) is 20.3. The molecule has 2 fully saturated rings. The minimum Gasteiger partial charge on any atom is -0.474 e. The average Bonchev–Trinajstić information content (AvgIpc) is 3.28. The Labute approximate surface area is 168 Å². The van der Waals surface area contributed by atoms with Crippen molar-refractivity contribution in [1.29, 1.82) is 0 Å². The lowest BCUT2D eigenvalue weighted by Gasteiger charge is -2.16. The van der Waals surface area contributed by atoms with E-state index in [1.807, 2.05) is 12.3 Å². The lowest BCUT2D eigenvalue weighted by molar-refractivity contribution is 0.201. The van der Waals surface area contributed by atoms with Crippen molar-refractivity contribution >= 4 is 29.9 Å². The normalized spacial score (nSPS) is 18.8. The van der Waals surface area contributed by atoms with Gasteiger partial charge in [0, 0.05) is 24.8 Å². The first-order valence-corrected chi connectivity index (χ1v) is 9.50. The van der Waals surface area contributed by atoms with Crippen molar-refractivity contribution < 1.29 is 4.74 Å². The van der Waals surface area contributed by atoms with Crippen LogP contribution in [0.15, 0.2) is 23.3 Å². The van der Waals surface area contributed by atoms with Crippen molar-refractivity contribution in [3.05, 3.63) is 23.9 Å². The fraction of sp³-hybridized carbons (Fsp3) is 0.684. The van der Waals surface area contributed by atoms with Gasteiger partial charge in [-0.05, 0) is 51.0 Å². The molecule has 0 amide bonds. The average molecular weight is 458 g/mol. The summed E-state index contributed by atoms with van der Waals surface area (Å²) in [6, 6.07) is 4.61. The van der Waals surface area contributed by atoms with E-state index in [0.717, 1.165) is 36.8 Å². The standard InChI is InChI=1S/C19H30N4O.HI/c1-2-20-19(23-16-7-3-4-8-16)22-14-15-11-12-18(21-13-15)24-17-9-5-6-10-17;/h11-13,16-17H,2-10,14H2,1H3,(H2,20,22,23);1H. The van der Waals surface area contributed by atoms with Gasteiger partial charge in [-0.1, -0.05) is 18.9 Å². The Morgan fingerprint density at radius 3 is 2.52 bits per heavy atom. The number of guanidine groups is 1. The van der Waals surface area contributed by atoms with Crippen LogP contribution in [0.1, 0.15) is 63.9 Å². The molecule has 0 spiro atoms. The highest BCUT2D eigenvalue weighted by atomic mass is 127. The van der Waals surface area contributed by atoms with Gasteiger partial charge in [0.2, 0.25) is 5.88 Å². The number of rotatable bonds is 6. The molecular weight excluding hydrogens is 427 g/mol. The third-order valence-corrected chi connectivity index (χ3v) is 4.85. The fourth-order valence-corrected chi connectivity index (χ4v) is 3.50. The van der Waals surface area contributed by atoms with Crippen LogP contribution in [-0.4, -0.2) is 29.6 Å². The molecule has 1 aromatic rings. The molecule has 0 bridgehead atoms. The van der Waals surface area contributed by atoms with Gasteiger partial charge < -0.3 is 15.4 Å².